The van der Waals surface area contributed by atoms with E-state index in [1.54, 1.807) is 18.7 Å². The molecule has 4 heterocycles. The molecule has 1 spiro atoms. The Morgan fingerprint density at radius 3 is 2.79 bits per heavy atom. The third kappa shape index (κ3) is 2.69. The van der Waals surface area contributed by atoms with Crippen molar-refractivity contribution < 1.29 is 13.2 Å². The molecule has 2 fully saturated rings. The number of rotatable bonds is 3. The van der Waals surface area contributed by atoms with Gasteiger partial charge in [-0.25, -0.2) is 13.8 Å². The van der Waals surface area contributed by atoms with Crippen molar-refractivity contribution in [3.05, 3.63) is 48.6 Å². The molecule has 2 aliphatic rings. The average molecular weight is 333 g/mol. The molecule has 0 radical (unpaired) electrons. The molecule has 2 aromatic heterocycles. The maximum absolute atomic E-state index is 14.8. The van der Waals surface area contributed by atoms with Gasteiger partial charge in [0.2, 0.25) is 0 Å². The van der Waals surface area contributed by atoms with Crippen molar-refractivity contribution in [3.8, 4) is 0 Å². The normalized spacial score (nSPS) is 27.0. The topological polar surface area (TPSA) is 32.5 Å². The van der Waals surface area contributed by atoms with Crippen LogP contribution in [0.4, 0.5) is 14.6 Å². The fourth-order valence-electron chi connectivity index (χ4n) is 4.00. The van der Waals surface area contributed by atoms with Crippen LogP contribution in [0.1, 0.15) is 18.4 Å². The van der Waals surface area contributed by atoms with Crippen LogP contribution in [0.5, 0.6) is 0 Å². The van der Waals surface area contributed by atoms with Crippen LogP contribution in [0.2, 0.25) is 0 Å². The Bertz CT molecular complexity index is 677. The maximum atomic E-state index is 14.8. The van der Waals surface area contributed by atoms with Crippen molar-refractivity contribution in [1.29, 1.82) is 0 Å². The number of furan rings is 1. The SMILES string of the molecule is FC1(F)CCN(Cc2ccoc2)CC12CCN(c1ccccn1)C2. The first-order valence-electron chi connectivity index (χ1n) is 8.35. The number of hydrogen-bond acceptors (Lipinski definition) is 4. The number of halogens is 2. The highest BCUT2D eigenvalue weighted by atomic mass is 19.3. The van der Waals surface area contributed by atoms with Crippen LogP contribution in [0.3, 0.4) is 0 Å². The van der Waals surface area contributed by atoms with E-state index in [9.17, 15) is 8.78 Å². The van der Waals surface area contributed by atoms with Crippen LogP contribution >= 0.6 is 0 Å². The van der Waals surface area contributed by atoms with Crippen LogP contribution in [-0.4, -0.2) is 42.0 Å². The Morgan fingerprint density at radius 2 is 2.04 bits per heavy atom. The van der Waals surface area contributed by atoms with Crippen molar-refractivity contribution in [2.45, 2.75) is 25.3 Å². The van der Waals surface area contributed by atoms with Crippen LogP contribution < -0.4 is 4.90 Å². The molecule has 6 heteroatoms. The highest BCUT2D eigenvalue weighted by Crippen LogP contribution is 2.50. The van der Waals surface area contributed by atoms with Crippen LogP contribution in [-0.2, 0) is 6.54 Å². The predicted molar refractivity (Wildman–Crippen MR) is 87.0 cm³/mol. The quantitative estimate of drug-likeness (QED) is 0.862. The number of nitrogens with zero attached hydrogens (tertiary/aromatic N) is 3. The lowest BCUT2D eigenvalue weighted by molar-refractivity contribution is -0.158. The molecule has 2 aliphatic heterocycles. The third-order valence-electron chi connectivity index (χ3n) is 5.36. The van der Waals surface area contributed by atoms with Gasteiger partial charge in [0.15, 0.2) is 0 Å². The third-order valence-corrected chi connectivity index (χ3v) is 5.36. The van der Waals surface area contributed by atoms with E-state index in [-0.39, 0.29) is 6.42 Å². The van der Waals surface area contributed by atoms with E-state index in [1.165, 1.54) is 0 Å². The van der Waals surface area contributed by atoms with Crippen LogP contribution in [0, 0.1) is 5.41 Å². The molecule has 0 amide bonds. The summed E-state index contributed by atoms with van der Waals surface area (Å²) in [5.74, 6) is -1.85. The smallest absolute Gasteiger partial charge is 0.257 e. The van der Waals surface area contributed by atoms with Gasteiger partial charge in [-0.2, -0.15) is 0 Å². The number of pyridine rings is 1. The van der Waals surface area contributed by atoms with Crippen molar-refractivity contribution in [2.24, 2.45) is 5.41 Å². The largest absolute Gasteiger partial charge is 0.472 e. The van der Waals surface area contributed by atoms with E-state index in [0.29, 0.717) is 39.1 Å². The molecule has 0 bridgehead atoms. The van der Waals surface area contributed by atoms with E-state index < -0.39 is 11.3 Å². The van der Waals surface area contributed by atoms with Gasteiger partial charge >= 0.3 is 0 Å². The predicted octanol–water partition coefficient (Wildman–Crippen LogP) is 3.41. The Morgan fingerprint density at radius 1 is 1.12 bits per heavy atom. The van der Waals surface area contributed by atoms with Crippen LogP contribution in [0.15, 0.2) is 47.4 Å². The molecule has 0 aromatic carbocycles. The van der Waals surface area contributed by atoms with Gasteiger partial charge in [0.05, 0.1) is 17.9 Å². The zero-order chi connectivity index (χ0) is 16.6. The molecule has 0 aliphatic carbocycles. The Hall–Kier alpha value is -1.95. The van der Waals surface area contributed by atoms with Gasteiger partial charge in [-0.15, -0.1) is 0 Å². The van der Waals surface area contributed by atoms with E-state index in [1.807, 2.05) is 29.2 Å². The van der Waals surface area contributed by atoms with E-state index in [2.05, 4.69) is 9.88 Å². The summed E-state index contributed by atoms with van der Waals surface area (Å²) in [4.78, 5) is 8.45. The van der Waals surface area contributed by atoms with Crippen molar-refractivity contribution in [3.63, 3.8) is 0 Å². The van der Waals surface area contributed by atoms with Gasteiger partial charge in [0, 0.05) is 50.9 Å². The summed E-state index contributed by atoms with van der Waals surface area (Å²) in [6, 6.07) is 7.53. The minimum atomic E-state index is -2.64. The summed E-state index contributed by atoms with van der Waals surface area (Å²) in [6.45, 7) is 2.49. The molecule has 2 aromatic rings. The Labute approximate surface area is 140 Å². The molecule has 128 valence electrons. The monoisotopic (exact) mass is 333 g/mol. The zero-order valence-corrected chi connectivity index (χ0v) is 13.5. The van der Waals surface area contributed by atoms with Gasteiger partial charge in [-0.05, 0) is 24.6 Å². The van der Waals surface area contributed by atoms with Crippen LogP contribution in [0.25, 0.3) is 0 Å². The summed E-state index contributed by atoms with van der Waals surface area (Å²) < 4.78 is 34.7. The van der Waals surface area contributed by atoms with E-state index in [4.69, 9.17) is 4.42 Å². The lowest BCUT2D eigenvalue weighted by Gasteiger charge is -2.45. The summed E-state index contributed by atoms with van der Waals surface area (Å²) in [7, 11) is 0. The molecule has 1 unspecified atom stereocenters. The first-order chi connectivity index (χ1) is 11.6. The second-order valence-electron chi connectivity index (χ2n) is 6.94. The number of hydrogen-bond donors (Lipinski definition) is 0. The summed E-state index contributed by atoms with van der Waals surface area (Å²) in [6.07, 6.45) is 5.44. The lowest BCUT2D eigenvalue weighted by atomic mass is 9.75. The molecular weight excluding hydrogens is 312 g/mol. The van der Waals surface area contributed by atoms with E-state index >= 15 is 0 Å². The minimum Gasteiger partial charge on any atom is -0.472 e. The summed E-state index contributed by atoms with van der Waals surface area (Å²) in [5.41, 5.74) is 0.0434. The molecule has 4 rings (SSSR count). The molecule has 2 saturated heterocycles. The molecule has 1 atom stereocenters. The molecule has 0 saturated carbocycles. The Balaban J connectivity index is 1.53. The first kappa shape index (κ1) is 15.6. The number of alkyl halides is 2. The average Bonchev–Trinajstić information content (AvgIpc) is 3.23. The van der Waals surface area contributed by atoms with Crippen molar-refractivity contribution in [1.82, 2.24) is 9.88 Å². The van der Waals surface area contributed by atoms with Gasteiger partial charge in [-0.3, -0.25) is 4.90 Å². The first-order valence-corrected chi connectivity index (χ1v) is 8.35. The van der Waals surface area contributed by atoms with Crippen molar-refractivity contribution >= 4 is 5.82 Å². The highest BCUT2D eigenvalue weighted by molar-refractivity contribution is 5.40. The van der Waals surface area contributed by atoms with Gasteiger partial charge in [-0.1, -0.05) is 6.07 Å². The second-order valence-corrected chi connectivity index (χ2v) is 6.94. The highest BCUT2D eigenvalue weighted by Gasteiger charge is 2.59. The molecule has 0 N–H and O–H groups in total. The zero-order valence-electron chi connectivity index (χ0n) is 13.5. The molecular formula is C18H21F2N3O. The maximum Gasteiger partial charge on any atom is 0.257 e. The van der Waals surface area contributed by atoms with E-state index in [0.717, 1.165) is 11.4 Å². The number of likely N-dealkylation sites (tertiary alicyclic amines) is 1. The Kier molecular flexibility index (Phi) is 3.79. The number of anilines is 1. The van der Waals surface area contributed by atoms with Gasteiger partial charge in [0.1, 0.15) is 5.82 Å². The number of aromatic nitrogens is 1. The fraction of sp³-hybridized carbons (Fsp3) is 0.500. The minimum absolute atomic E-state index is 0.0824. The van der Waals surface area contributed by atoms with Gasteiger partial charge in [0.25, 0.3) is 5.92 Å². The fourth-order valence-corrected chi connectivity index (χ4v) is 4.00. The molecule has 24 heavy (non-hydrogen) atoms. The van der Waals surface area contributed by atoms with Crippen molar-refractivity contribution in [2.75, 3.05) is 31.1 Å². The lowest BCUT2D eigenvalue weighted by Crippen LogP contribution is -2.56. The number of piperidine rings is 1. The van der Waals surface area contributed by atoms with Gasteiger partial charge < -0.3 is 9.32 Å². The second kappa shape index (κ2) is 5.84. The standard InChI is InChI=1S/C18H21F2N3O/c19-18(20)6-8-22(11-15-4-10-24-12-15)13-17(18)5-9-23(14-17)16-3-1-2-7-21-16/h1-4,7,10,12H,5-6,8-9,11,13-14H2. The molecule has 4 nitrogen and oxygen atoms in total. The summed E-state index contributed by atoms with van der Waals surface area (Å²) in [5, 5.41) is 0. The summed E-state index contributed by atoms with van der Waals surface area (Å²) >= 11 is 0.